The molecule has 3 N–H and O–H groups in total. The molecule has 0 saturated heterocycles. The van der Waals surface area contributed by atoms with Crippen LogP contribution in [0.2, 0.25) is 0 Å². The smallest absolute Gasteiger partial charge is 0.374 e. The first-order chi connectivity index (χ1) is 13.7. The number of aliphatic hydroxyl groups is 1. The standard InChI is InChI=1S/C19H25F4N5O.HI/c1-3-24-17(26-10-8-14-4-6-15(20)7-5-14)27-11-9-18(29,19(21,22)23)16-25-12-13-28(16)2;/h4-7,12-13,29H,3,8-11H2,1-2H3,(H2,24,26,27);1H. The van der Waals surface area contributed by atoms with Gasteiger partial charge in [-0.25, -0.2) is 9.37 Å². The topological polar surface area (TPSA) is 74.5 Å². The van der Waals surface area contributed by atoms with Gasteiger partial charge in [0.15, 0.2) is 5.96 Å². The van der Waals surface area contributed by atoms with Crippen LogP contribution in [0.3, 0.4) is 0 Å². The summed E-state index contributed by atoms with van der Waals surface area (Å²) < 4.78 is 54.7. The number of guanidine groups is 1. The lowest BCUT2D eigenvalue weighted by atomic mass is 9.98. The summed E-state index contributed by atoms with van der Waals surface area (Å²) in [5.74, 6) is -0.463. The fourth-order valence-electron chi connectivity index (χ4n) is 2.79. The number of halogens is 5. The van der Waals surface area contributed by atoms with E-state index in [-0.39, 0.29) is 36.3 Å². The van der Waals surface area contributed by atoms with E-state index in [1.165, 1.54) is 31.6 Å². The normalized spacial score (nSPS) is 14.0. The summed E-state index contributed by atoms with van der Waals surface area (Å²) in [7, 11) is 1.39. The minimum Gasteiger partial charge on any atom is -0.374 e. The Hall–Kier alpha value is -1.89. The quantitative estimate of drug-likeness (QED) is 0.207. The predicted octanol–water partition coefficient (Wildman–Crippen LogP) is 3.12. The lowest BCUT2D eigenvalue weighted by Gasteiger charge is -2.29. The number of aromatic nitrogens is 2. The minimum atomic E-state index is -4.89. The number of aryl methyl sites for hydroxylation is 1. The Balaban J connectivity index is 0.00000450. The van der Waals surface area contributed by atoms with Crippen LogP contribution in [0.25, 0.3) is 0 Å². The van der Waals surface area contributed by atoms with Crippen molar-refractivity contribution in [3.05, 3.63) is 53.9 Å². The molecule has 0 aliphatic rings. The number of benzene rings is 1. The third-order valence-electron chi connectivity index (χ3n) is 4.37. The molecular formula is C19H26F4IN5O. The maximum absolute atomic E-state index is 13.5. The molecule has 0 bridgehead atoms. The summed E-state index contributed by atoms with van der Waals surface area (Å²) in [6.07, 6.45) is -2.43. The van der Waals surface area contributed by atoms with Gasteiger partial charge in [0, 0.05) is 45.5 Å². The van der Waals surface area contributed by atoms with Crippen LogP contribution < -0.4 is 10.6 Å². The molecule has 0 aliphatic heterocycles. The monoisotopic (exact) mass is 543 g/mol. The molecule has 1 unspecified atom stereocenters. The molecule has 0 saturated carbocycles. The van der Waals surface area contributed by atoms with E-state index in [4.69, 9.17) is 0 Å². The summed E-state index contributed by atoms with van der Waals surface area (Å²) in [5, 5.41) is 16.3. The highest BCUT2D eigenvalue weighted by atomic mass is 127. The van der Waals surface area contributed by atoms with E-state index in [0.29, 0.717) is 25.5 Å². The molecule has 0 radical (unpaired) electrons. The van der Waals surface area contributed by atoms with Crippen LogP contribution in [0.1, 0.15) is 24.7 Å². The summed E-state index contributed by atoms with van der Waals surface area (Å²) >= 11 is 0. The summed E-state index contributed by atoms with van der Waals surface area (Å²) in [4.78, 5) is 7.80. The first-order valence-corrected chi connectivity index (χ1v) is 9.21. The van der Waals surface area contributed by atoms with Crippen LogP contribution in [0, 0.1) is 5.82 Å². The minimum absolute atomic E-state index is 0. The molecule has 1 aromatic heterocycles. The molecule has 6 nitrogen and oxygen atoms in total. The van der Waals surface area contributed by atoms with E-state index in [9.17, 15) is 22.7 Å². The van der Waals surface area contributed by atoms with E-state index >= 15 is 0 Å². The van der Waals surface area contributed by atoms with Crippen LogP contribution in [-0.2, 0) is 19.1 Å². The molecule has 2 rings (SSSR count). The van der Waals surface area contributed by atoms with Crippen molar-refractivity contribution in [2.75, 3.05) is 19.6 Å². The molecule has 1 aromatic carbocycles. The second-order valence-corrected chi connectivity index (χ2v) is 6.53. The third-order valence-corrected chi connectivity index (χ3v) is 4.37. The largest absolute Gasteiger partial charge is 0.424 e. The number of nitrogens with one attached hydrogen (secondary N) is 2. The molecule has 2 aromatic rings. The Morgan fingerprint density at radius 1 is 1.20 bits per heavy atom. The molecule has 1 atom stereocenters. The Bertz CT molecular complexity index is 810. The van der Waals surface area contributed by atoms with Gasteiger partial charge in [0.05, 0.1) is 0 Å². The zero-order valence-corrected chi connectivity index (χ0v) is 19.0. The predicted molar refractivity (Wildman–Crippen MR) is 117 cm³/mol. The van der Waals surface area contributed by atoms with Crippen molar-refractivity contribution in [1.82, 2.24) is 20.2 Å². The Morgan fingerprint density at radius 3 is 2.40 bits per heavy atom. The van der Waals surface area contributed by atoms with E-state index in [1.54, 1.807) is 12.1 Å². The molecule has 168 valence electrons. The fraction of sp³-hybridized carbons (Fsp3) is 0.474. The Morgan fingerprint density at radius 2 is 1.87 bits per heavy atom. The number of nitrogens with zero attached hydrogens (tertiary/aromatic N) is 3. The number of alkyl halides is 3. The van der Waals surface area contributed by atoms with Gasteiger partial charge < -0.3 is 20.3 Å². The average Bonchev–Trinajstić information content (AvgIpc) is 3.08. The zero-order chi connectivity index (χ0) is 21.5. The highest BCUT2D eigenvalue weighted by molar-refractivity contribution is 14.0. The van der Waals surface area contributed by atoms with E-state index in [2.05, 4.69) is 20.6 Å². The second-order valence-electron chi connectivity index (χ2n) is 6.53. The summed E-state index contributed by atoms with van der Waals surface area (Å²) in [6.45, 7) is 2.54. The maximum atomic E-state index is 13.5. The van der Waals surface area contributed by atoms with E-state index in [0.717, 1.165) is 10.1 Å². The van der Waals surface area contributed by atoms with Crippen LogP contribution >= 0.6 is 24.0 Å². The van der Waals surface area contributed by atoms with Gasteiger partial charge in [0.1, 0.15) is 11.6 Å². The number of aliphatic imine (C=N–C) groups is 1. The number of imidazole rings is 1. The van der Waals surface area contributed by atoms with Crippen LogP contribution in [-0.4, -0.2) is 46.4 Å². The maximum Gasteiger partial charge on any atom is 0.424 e. The molecule has 11 heteroatoms. The highest BCUT2D eigenvalue weighted by Gasteiger charge is 2.57. The van der Waals surface area contributed by atoms with Crippen LogP contribution in [0.4, 0.5) is 17.6 Å². The Labute approximate surface area is 189 Å². The SMILES string of the molecule is CCNC(=NCCC(O)(c1nccn1C)C(F)(F)F)NCCc1ccc(F)cc1.I. The van der Waals surface area contributed by atoms with Gasteiger partial charge in [-0.1, -0.05) is 12.1 Å². The van der Waals surface area contributed by atoms with Crippen molar-refractivity contribution < 1.29 is 22.7 Å². The molecule has 1 heterocycles. The van der Waals surface area contributed by atoms with Gasteiger partial charge >= 0.3 is 6.18 Å². The second kappa shape index (κ2) is 11.5. The first-order valence-electron chi connectivity index (χ1n) is 9.21. The van der Waals surface area contributed by atoms with Gasteiger partial charge in [-0.05, 0) is 31.0 Å². The average molecular weight is 543 g/mol. The molecule has 30 heavy (non-hydrogen) atoms. The summed E-state index contributed by atoms with van der Waals surface area (Å²) in [6, 6.07) is 6.06. The lowest BCUT2D eigenvalue weighted by Crippen LogP contribution is -2.45. The molecule has 0 spiro atoms. The van der Waals surface area contributed by atoms with Crippen LogP contribution in [0.5, 0.6) is 0 Å². The number of hydrogen-bond acceptors (Lipinski definition) is 3. The molecular weight excluding hydrogens is 517 g/mol. The number of hydrogen-bond donors (Lipinski definition) is 3. The molecule has 0 amide bonds. The van der Waals surface area contributed by atoms with Gasteiger partial charge in [-0.2, -0.15) is 13.2 Å². The third kappa shape index (κ3) is 6.83. The first kappa shape index (κ1) is 26.1. The van der Waals surface area contributed by atoms with Gasteiger partial charge in [0.25, 0.3) is 0 Å². The summed E-state index contributed by atoms with van der Waals surface area (Å²) in [5.41, 5.74) is -2.18. The molecule has 0 aliphatic carbocycles. The van der Waals surface area contributed by atoms with Gasteiger partial charge in [0.2, 0.25) is 5.60 Å². The van der Waals surface area contributed by atoms with Gasteiger partial charge in [-0.15, -0.1) is 24.0 Å². The number of rotatable bonds is 8. The highest BCUT2D eigenvalue weighted by Crippen LogP contribution is 2.40. The van der Waals surface area contributed by atoms with Crippen molar-refractivity contribution in [2.24, 2.45) is 12.0 Å². The van der Waals surface area contributed by atoms with Gasteiger partial charge in [-0.3, -0.25) is 4.99 Å². The lowest BCUT2D eigenvalue weighted by molar-refractivity contribution is -0.272. The zero-order valence-electron chi connectivity index (χ0n) is 16.7. The fourth-order valence-corrected chi connectivity index (χ4v) is 2.79. The molecule has 0 fully saturated rings. The van der Waals surface area contributed by atoms with E-state index < -0.39 is 24.0 Å². The van der Waals surface area contributed by atoms with Crippen molar-refractivity contribution in [3.8, 4) is 0 Å². The van der Waals surface area contributed by atoms with Crippen LogP contribution in [0.15, 0.2) is 41.7 Å². The Kier molecular flexibility index (Phi) is 10.0. The van der Waals surface area contributed by atoms with Crippen molar-refractivity contribution in [3.63, 3.8) is 0 Å². The van der Waals surface area contributed by atoms with Crippen molar-refractivity contribution in [1.29, 1.82) is 0 Å². The van der Waals surface area contributed by atoms with Crippen molar-refractivity contribution >= 4 is 29.9 Å². The van der Waals surface area contributed by atoms with E-state index in [1.807, 2.05) is 6.92 Å². The van der Waals surface area contributed by atoms with Crippen molar-refractivity contribution in [2.45, 2.75) is 31.5 Å².